The van der Waals surface area contributed by atoms with E-state index in [0.29, 0.717) is 11.5 Å². The van der Waals surface area contributed by atoms with Gasteiger partial charge in [0.05, 0.1) is 0 Å². The molecule has 0 spiro atoms. The highest BCUT2D eigenvalue weighted by Gasteiger charge is 2.26. The first-order valence-electron chi connectivity index (χ1n) is 5.78. The lowest BCUT2D eigenvalue weighted by Crippen LogP contribution is -2.19. The predicted octanol–water partition coefficient (Wildman–Crippen LogP) is 0.112. The van der Waals surface area contributed by atoms with E-state index in [9.17, 15) is 8.42 Å². The highest BCUT2D eigenvalue weighted by Crippen LogP contribution is 2.23. The number of nitrogens with two attached hydrogens (primary N) is 1. The van der Waals surface area contributed by atoms with E-state index in [4.69, 9.17) is 10.4 Å². The van der Waals surface area contributed by atoms with Crippen molar-refractivity contribution in [3.05, 3.63) is 30.2 Å². The third-order valence-corrected chi connectivity index (χ3v) is 3.97. The topological polar surface area (TPSA) is 140 Å². The minimum absolute atomic E-state index is 0.00457. The molecule has 110 valence electrons. The molecule has 0 atom stereocenters. The van der Waals surface area contributed by atoms with E-state index in [-0.39, 0.29) is 16.9 Å². The molecule has 0 aliphatic heterocycles. The molecule has 0 aromatic carbocycles. The summed E-state index contributed by atoms with van der Waals surface area (Å²) in [6.45, 7) is 1.57. The van der Waals surface area contributed by atoms with E-state index >= 15 is 0 Å². The normalized spacial score (nSPS) is 11.7. The molecular weight excluding hydrogens is 298 g/mol. The number of rotatable bonds is 4. The van der Waals surface area contributed by atoms with Crippen molar-refractivity contribution < 1.29 is 12.9 Å². The Bertz CT molecular complexity index is 898. The second-order valence-corrected chi connectivity index (χ2v) is 5.69. The standard InChI is InChI=1S/C10H11N7O3S/c1-6-12-10(20-15-6)16-21(18,19)9-8(14-11)13-7-4-2-3-5-17(7)9/h2-5,14H,11H2,1H3,(H,12,15,16). The van der Waals surface area contributed by atoms with E-state index in [1.54, 1.807) is 31.3 Å². The van der Waals surface area contributed by atoms with Crippen LogP contribution in [-0.2, 0) is 10.0 Å². The second-order valence-electron chi connectivity index (χ2n) is 4.09. The van der Waals surface area contributed by atoms with Crippen LogP contribution in [0.2, 0.25) is 0 Å². The zero-order valence-electron chi connectivity index (χ0n) is 10.8. The number of fused-ring (bicyclic) bond motifs is 1. The van der Waals surface area contributed by atoms with Crippen molar-refractivity contribution >= 4 is 27.5 Å². The maximum atomic E-state index is 12.5. The Hall–Kier alpha value is -2.66. The fourth-order valence-corrected chi connectivity index (χ4v) is 3.01. The summed E-state index contributed by atoms with van der Waals surface area (Å²) in [6, 6.07) is 4.82. The Morgan fingerprint density at radius 2 is 2.14 bits per heavy atom. The summed E-state index contributed by atoms with van der Waals surface area (Å²) in [4.78, 5) is 7.88. The van der Waals surface area contributed by atoms with Gasteiger partial charge in [-0.25, -0.2) is 15.5 Å². The molecule has 0 unspecified atom stereocenters. The average Bonchev–Trinajstić information content (AvgIpc) is 3.01. The summed E-state index contributed by atoms with van der Waals surface area (Å²) in [6.07, 6.45) is 1.55. The van der Waals surface area contributed by atoms with Crippen LogP contribution in [0.1, 0.15) is 5.82 Å². The van der Waals surface area contributed by atoms with Gasteiger partial charge in [0.15, 0.2) is 11.6 Å². The first-order valence-corrected chi connectivity index (χ1v) is 7.26. The largest absolute Gasteiger partial charge is 0.335 e. The molecule has 10 nitrogen and oxygen atoms in total. The number of hydrogen-bond acceptors (Lipinski definition) is 8. The number of aromatic nitrogens is 4. The van der Waals surface area contributed by atoms with Crippen molar-refractivity contribution in [1.29, 1.82) is 0 Å². The molecule has 3 heterocycles. The van der Waals surface area contributed by atoms with Gasteiger partial charge < -0.3 is 9.95 Å². The van der Waals surface area contributed by atoms with Crippen LogP contribution in [0.15, 0.2) is 33.9 Å². The minimum Gasteiger partial charge on any atom is -0.314 e. The lowest BCUT2D eigenvalue weighted by molar-refractivity contribution is 0.429. The number of hydrazine groups is 1. The van der Waals surface area contributed by atoms with Gasteiger partial charge in [-0.05, 0) is 19.1 Å². The molecule has 3 aromatic rings. The van der Waals surface area contributed by atoms with E-state index < -0.39 is 10.0 Å². The van der Waals surface area contributed by atoms with Crippen LogP contribution in [0.4, 0.5) is 11.8 Å². The van der Waals surface area contributed by atoms with Gasteiger partial charge >= 0.3 is 6.01 Å². The van der Waals surface area contributed by atoms with Crippen LogP contribution in [0.25, 0.3) is 5.65 Å². The molecule has 3 aromatic heterocycles. The number of nitrogens with zero attached hydrogens (tertiary/aromatic N) is 4. The molecule has 0 bridgehead atoms. The number of imidazole rings is 1. The van der Waals surface area contributed by atoms with Crippen LogP contribution in [0, 0.1) is 6.92 Å². The fraction of sp³-hybridized carbons (Fsp3) is 0.100. The molecule has 0 aliphatic carbocycles. The van der Waals surface area contributed by atoms with Crippen LogP contribution >= 0.6 is 0 Å². The van der Waals surface area contributed by atoms with Crippen molar-refractivity contribution in [2.75, 3.05) is 10.1 Å². The first kappa shape index (κ1) is 13.3. The highest BCUT2D eigenvalue weighted by molar-refractivity contribution is 7.92. The smallest absolute Gasteiger partial charge is 0.314 e. The summed E-state index contributed by atoms with van der Waals surface area (Å²) in [5, 5.41) is 3.36. The maximum Gasteiger partial charge on any atom is 0.335 e. The number of nitrogen functional groups attached to an aromatic ring is 1. The molecule has 11 heteroatoms. The van der Waals surface area contributed by atoms with Crippen molar-refractivity contribution in [2.24, 2.45) is 5.84 Å². The lowest BCUT2D eigenvalue weighted by Gasteiger charge is -2.05. The van der Waals surface area contributed by atoms with Gasteiger partial charge in [0, 0.05) is 6.20 Å². The molecule has 4 N–H and O–H groups in total. The molecule has 0 saturated heterocycles. The van der Waals surface area contributed by atoms with Gasteiger partial charge in [0.1, 0.15) is 5.65 Å². The fourth-order valence-electron chi connectivity index (χ4n) is 1.83. The Morgan fingerprint density at radius 3 is 2.81 bits per heavy atom. The van der Waals surface area contributed by atoms with E-state index in [2.05, 4.69) is 25.3 Å². The van der Waals surface area contributed by atoms with Gasteiger partial charge in [-0.2, -0.15) is 13.4 Å². The van der Waals surface area contributed by atoms with Gasteiger partial charge in [-0.1, -0.05) is 11.2 Å². The van der Waals surface area contributed by atoms with Gasteiger partial charge in [-0.15, -0.1) is 0 Å². The van der Waals surface area contributed by atoms with Crippen LogP contribution in [0.3, 0.4) is 0 Å². The average molecular weight is 309 g/mol. The van der Waals surface area contributed by atoms with Crippen molar-refractivity contribution in [3.8, 4) is 0 Å². The van der Waals surface area contributed by atoms with Crippen LogP contribution < -0.4 is 16.0 Å². The molecular formula is C10H11N7O3S. The zero-order chi connectivity index (χ0) is 15.0. The number of hydrogen-bond donors (Lipinski definition) is 3. The lowest BCUT2D eigenvalue weighted by atomic mass is 10.5. The summed E-state index contributed by atoms with van der Waals surface area (Å²) in [5.74, 6) is 5.65. The number of sulfonamides is 1. The number of aryl methyl sites for hydroxylation is 1. The Labute approximate surface area is 119 Å². The monoisotopic (exact) mass is 309 g/mol. The predicted molar refractivity (Wildman–Crippen MR) is 72.8 cm³/mol. The molecule has 0 fully saturated rings. The highest BCUT2D eigenvalue weighted by atomic mass is 32.2. The van der Waals surface area contributed by atoms with E-state index in [0.717, 1.165) is 0 Å². The third-order valence-electron chi connectivity index (χ3n) is 2.63. The van der Waals surface area contributed by atoms with Crippen molar-refractivity contribution in [2.45, 2.75) is 11.9 Å². The molecule has 0 amide bonds. The quantitative estimate of drug-likeness (QED) is 0.455. The molecule has 0 radical (unpaired) electrons. The Balaban J connectivity index is 2.13. The second kappa shape index (κ2) is 4.71. The molecule has 0 aliphatic rings. The molecule has 0 saturated carbocycles. The van der Waals surface area contributed by atoms with E-state index in [1.807, 2.05) is 0 Å². The zero-order valence-corrected chi connectivity index (χ0v) is 11.6. The number of nitrogens with one attached hydrogen (secondary N) is 2. The van der Waals surface area contributed by atoms with Crippen LogP contribution in [0.5, 0.6) is 0 Å². The Morgan fingerprint density at radius 1 is 1.33 bits per heavy atom. The van der Waals surface area contributed by atoms with Crippen molar-refractivity contribution in [1.82, 2.24) is 19.5 Å². The van der Waals surface area contributed by atoms with Gasteiger partial charge in [0.2, 0.25) is 5.03 Å². The summed E-state index contributed by atoms with van der Waals surface area (Å²) < 4.78 is 33.3. The summed E-state index contributed by atoms with van der Waals surface area (Å²) in [5.41, 5.74) is 2.69. The van der Waals surface area contributed by atoms with Crippen LogP contribution in [-0.4, -0.2) is 27.9 Å². The summed E-state index contributed by atoms with van der Waals surface area (Å²) in [7, 11) is -4.01. The van der Waals surface area contributed by atoms with Gasteiger partial charge in [-0.3, -0.25) is 4.40 Å². The summed E-state index contributed by atoms with van der Waals surface area (Å²) >= 11 is 0. The number of anilines is 2. The minimum atomic E-state index is -4.01. The maximum absolute atomic E-state index is 12.5. The van der Waals surface area contributed by atoms with Crippen molar-refractivity contribution in [3.63, 3.8) is 0 Å². The van der Waals surface area contributed by atoms with Gasteiger partial charge in [0.25, 0.3) is 10.0 Å². The van der Waals surface area contributed by atoms with E-state index in [1.165, 1.54) is 4.40 Å². The third kappa shape index (κ3) is 2.28. The first-order chi connectivity index (χ1) is 10.0. The Kier molecular flexibility index (Phi) is 2.99. The number of pyridine rings is 1. The molecule has 21 heavy (non-hydrogen) atoms. The molecule has 3 rings (SSSR count). The SMILES string of the molecule is Cc1noc(NS(=O)(=O)c2c(NN)nc3ccccn23)n1.